The van der Waals surface area contributed by atoms with Gasteiger partial charge in [-0.05, 0) is 44.4 Å². The fourth-order valence-electron chi connectivity index (χ4n) is 5.51. The molecule has 0 aromatic rings. The molecule has 0 aromatic heterocycles. The Morgan fingerprint density at radius 3 is 2.62 bits per heavy atom. The van der Waals surface area contributed by atoms with Gasteiger partial charge in [0.05, 0.1) is 6.04 Å². The van der Waals surface area contributed by atoms with Crippen molar-refractivity contribution in [3.63, 3.8) is 0 Å². The molecule has 3 saturated heterocycles. The van der Waals surface area contributed by atoms with E-state index in [1.807, 2.05) is 4.90 Å². The van der Waals surface area contributed by atoms with Gasteiger partial charge in [0.1, 0.15) is 6.04 Å². The number of carbonyl (C=O) groups excluding carboxylic acids is 2. The summed E-state index contributed by atoms with van der Waals surface area (Å²) in [6.45, 7) is 1.47. The molecule has 0 radical (unpaired) electrons. The van der Waals surface area contributed by atoms with E-state index in [2.05, 4.69) is 21.5 Å². The highest BCUT2D eigenvalue weighted by Crippen LogP contribution is 2.34. The molecule has 6 atom stereocenters. The van der Waals surface area contributed by atoms with Crippen molar-refractivity contribution in [1.29, 1.82) is 0 Å². The zero-order valence-electron chi connectivity index (χ0n) is 15.4. The SMILES string of the molecule is O=C(NC1CC1)C1NNC2CCN(C(=O)C3CC4CCCCC4N3)CC21. The lowest BCUT2D eigenvalue weighted by Crippen LogP contribution is -2.55. The molecule has 0 spiro atoms. The van der Waals surface area contributed by atoms with Crippen LogP contribution in [0.1, 0.15) is 51.4 Å². The monoisotopic (exact) mass is 361 g/mol. The number of fused-ring (bicyclic) bond motifs is 2. The van der Waals surface area contributed by atoms with Gasteiger partial charge in [-0.3, -0.25) is 15.0 Å². The largest absolute Gasteiger partial charge is 0.352 e. The second-order valence-corrected chi connectivity index (χ2v) is 9.00. The molecule has 3 aliphatic heterocycles. The lowest BCUT2D eigenvalue weighted by atomic mass is 9.84. The van der Waals surface area contributed by atoms with E-state index in [9.17, 15) is 9.59 Å². The summed E-state index contributed by atoms with van der Waals surface area (Å²) in [7, 11) is 0. The smallest absolute Gasteiger partial charge is 0.239 e. The van der Waals surface area contributed by atoms with E-state index in [1.54, 1.807) is 0 Å². The Labute approximate surface area is 155 Å². The maximum Gasteiger partial charge on any atom is 0.239 e. The molecule has 5 rings (SSSR count). The lowest BCUT2D eigenvalue weighted by molar-refractivity contribution is -0.136. The van der Waals surface area contributed by atoms with Gasteiger partial charge >= 0.3 is 0 Å². The van der Waals surface area contributed by atoms with Crippen molar-refractivity contribution in [2.24, 2.45) is 11.8 Å². The molecule has 2 amide bonds. The van der Waals surface area contributed by atoms with Crippen molar-refractivity contribution in [2.75, 3.05) is 13.1 Å². The standard InChI is InChI=1S/C19H31N5O2/c25-18(20-12-5-6-12)17-13-10-24(8-7-15(13)22-23-17)19(26)16-9-11-3-1-2-4-14(11)21-16/h11-17,21-23H,1-10H2,(H,20,25). The van der Waals surface area contributed by atoms with E-state index in [-0.39, 0.29) is 35.9 Å². The van der Waals surface area contributed by atoms with Gasteiger partial charge in [0.25, 0.3) is 0 Å². The van der Waals surface area contributed by atoms with Crippen molar-refractivity contribution in [2.45, 2.75) is 81.6 Å². The van der Waals surface area contributed by atoms with Crippen molar-refractivity contribution in [1.82, 2.24) is 26.4 Å². The van der Waals surface area contributed by atoms with E-state index in [0.29, 0.717) is 24.5 Å². The quantitative estimate of drug-likeness (QED) is 0.563. The van der Waals surface area contributed by atoms with Crippen LogP contribution in [0.5, 0.6) is 0 Å². The first-order chi connectivity index (χ1) is 12.7. The second kappa shape index (κ2) is 6.77. The van der Waals surface area contributed by atoms with E-state index in [4.69, 9.17) is 0 Å². The van der Waals surface area contributed by atoms with Crippen LogP contribution in [0.4, 0.5) is 0 Å². The fraction of sp³-hybridized carbons (Fsp3) is 0.895. The molecule has 4 N–H and O–H groups in total. The number of hydrogen-bond donors (Lipinski definition) is 4. The van der Waals surface area contributed by atoms with Crippen LogP contribution in [0.3, 0.4) is 0 Å². The number of hydrogen-bond acceptors (Lipinski definition) is 5. The van der Waals surface area contributed by atoms with Crippen molar-refractivity contribution in [3.05, 3.63) is 0 Å². The maximum absolute atomic E-state index is 13.1. The minimum atomic E-state index is -0.227. The Kier molecular flexibility index (Phi) is 4.41. The van der Waals surface area contributed by atoms with Gasteiger partial charge in [0, 0.05) is 37.1 Å². The predicted molar refractivity (Wildman–Crippen MR) is 97.0 cm³/mol. The van der Waals surface area contributed by atoms with Crippen molar-refractivity contribution < 1.29 is 9.59 Å². The van der Waals surface area contributed by atoms with Crippen LogP contribution in [-0.2, 0) is 9.59 Å². The molecule has 6 unspecified atom stereocenters. The molecule has 7 nitrogen and oxygen atoms in total. The highest BCUT2D eigenvalue weighted by atomic mass is 16.2. The van der Waals surface area contributed by atoms with Gasteiger partial charge in [-0.25, -0.2) is 5.43 Å². The topological polar surface area (TPSA) is 85.5 Å². The third kappa shape index (κ3) is 3.14. The second-order valence-electron chi connectivity index (χ2n) is 9.00. The Morgan fingerprint density at radius 1 is 0.962 bits per heavy atom. The predicted octanol–water partition coefficient (Wildman–Crippen LogP) is -0.121. The first-order valence-electron chi connectivity index (χ1n) is 10.6. The first kappa shape index (κ1) is 17.0. The Bertz CT molecular complexity index is 566. The third-order valence-electron chi connectivity index (χ3n) is 7.19. The van der Waals surface area contributed by atoms with Crippen LogP contribution in [-0.4, -0.2) is 60.0 Å². The fourth-order valence-corrected chi connectivity index (χ4v) is 5.51. The average molecular weight is 361 g/mol. The van der Waals surface area contributed by atoms with Crippen LogP contribution in [0.25, 0.3) is 0 Å². The van der Waals surface area contributed by atoms with Gasteiger partial charge in [0.15, 0.2) is 0 Å². The average Bonchev–Trinajstić information content (AvgIpc) is 3.21. The molecule has 2 aliphatic carbocycles. The molecular weight excluding hydrogens is 330 g/mol. The molecule has 7 heteroatoms. The molecule has 5 fully saturated rings. The van der Waals surface area contributed by atoms with E-state index < -0.39 is 0 Å². The maximum atomic E-state index is 13.1. The summed E-state index contributed by atoms with van der Waals surface area (Å²) in [6, 6.07) is 0.960. The van der Waals surface area contributed by atoms with Crippen LogP contribution >= 0.6 is 0 Å². The molecular formula is C19H31N5O2. The zero-order valence-corrected chi connectivity index (χ0v) is 15.4. The van der Waals surface area contributed by atoms with Gasteiger partial charge in [-0.15, -0.1) is 0 Å². The molecule has 3 heterocycles. The summed E-state index contributed by atoms with van der Waals surface area (Å²) >= 11 is 0. The number of rotatable bonds is 3. The lowest BCUT2D eigenvalue weighted by Gasteiger charge is -2.37. The number of likely N-dealkylation sites (tertiary alicyclic amines) is 1. The van der Waals surface area contributed by atoms with Gasteiger partial charge in [-0.1, -0.05) is 12.8 Å². The first-order valence-corrected chi connectivity index (χ1v) is 10.6. The normalized spacial score (nSPS) is 42.2. The number of amides is 2. The molecule has 26 heavy (non-hydrogen) atoms. The van der Waals surface area contributed by atoms with E-state index in [0.717, 1.165) is 32.2 Å². The minimum absolute atomic E-state index is 0.0132. The highest BCUT2D eigenvalue weighted by molar-refractivity contribution is 5.84. The molecule has 0 aromatic carbocycles. The Balaban J connectivity index is 1.22. The van der Waals surface area contributed by atoms with Crippen LogP contribution in [0, 0.1) is 11.8 Å². The molecule has 144 valence electrons. The van der Waals surface area contributed by atoms with Crippen molar-refractivity contribution >= 4 is 11.8 Å². The number of nitrogens with one attached hydrogen (secondary N) is 4. The minimum Gasteiger partial charge on any atom is -0.352 e. The van der Waals surface area contributed by atoms with Gasteiger partial charge in [0.2, 0.25) is 11.8 Å². The highest BCUT2D eigenvalue weighted by Gasteiger charge is 2.47. The summed E-state index contributed by atoms with van der Waals surface area (Å²) in [6.07, 6.45) is 9.19. The van der Waals surface area contributed by atoms with E-state index in [1.165, 1.54) is 25.7 Å². The summed E-state index contributed by atoms with van der Waals surface area (Å²) < 4.78 is 0. The molecule has 2 saturated carbocycles. The third-order valence-corrected chi connectivity index (χ3v) is 7.19. The summed E-state index contributed by atoms with van der Waals surface area (Å²) in [5.74, 6) is 1.19. The number of hydrazine groups is 1. The van der Waals surface area contributed by atoms with E-state index >= 15 is 0 Å². The van der Waals surface area contributed by atoms with Gasteiger partial charge < -0.3 is 15.5 Å². The van der Waals surface area contributed by atoms with Gasteiger partial charge in [-0.2, -0.15) is 0 Å². The Hall–Kier alpha value is -1.18. The number of carbonyl (C=O) groups is 2. The van der Waals surface area contributed by atoms with Crippen molar-refractivity contribution in [3.8, 4) is 0 Å². The zero-order chi connectivity index (χ0) is 17.7. The van der Waals surface area contributed by atoms with Crippen LogP contribution < -0.4 is 21.5 Å². The van der Waals surface area contributed by atoms with Crippen LogP contribution in [0.2, 0.25) is 0 Å². The molecule has 0 bridgehead atoms. The molecule has 5 aliphatic rings. The number of nitrogens with zero attached hydrogens (tertiary/aromatic N) is 1. The summed E-state index contributed by atoms with van der Waals surface area (Å²) in [4.78, 5) is 27.7. The Morgan fingerprint density at radius 2 is 1.81 bits per heavy atom. The van der Waals surface area contributed by atoms with Crippen LogP contribution in [0.15, 0.2) is 0 Å². The summed E-state index contributed by atoms with van der Waals surface area (Å²) in [5, 5.41) is 6.72. The summed E-state index contributed by atoms with van der Waals surface area (Å²) in [5.41, 5.74) is 6.47. The number of piperidine rings is 1.